The third-order valence-electron chi connectivity index (χ3n) is 8.46. The van der Waals surface area contributed by atoms with Gasteiger partial charge in [-0.15, -0.1) is 0 Å². The lowest BCUT2D eigenvalue weighted by Gasteiger charge is -2.59. The first kappa shape index (κ1) is 17.6. The zero-order valence-electron chi connectivity index (χ0n) is 17.1. The van der Waals surface area contributed by atoms with Crippen LogP contribution in [-0.2, 0) is 4.32 Å². The average molecular weight is 456 g/mol. The van der Waals surface area contributed by atoms with Crippen LogP contribution in [0.1, 0.15) is 37.7 Å². The number of hydrogen-bond acceptors (Lipinski definition) is 0. The van der Waals surface area contributed by atoms with E-state index in [1.807, 2.05) is 0 Å². The van der Waals surface area contributed by atoms with Crippen LogP contribution in [0.15, 0.2) is 72.8 Å². The minimum absolute atomic E-state index is 0.171. The number of aromatic nitrogens is 1. The van der Waals surface area contributed by atoms with Crippen molar-refractivity contribution in [2.24, 2.45) is 23.7 Å². The molecule has 0 spiro atoms. The van der Waals surface area contributed by atoms with Crippen molar-refractivity contribution in [2.45, 2.75) is 36.4 Å². The standard InChI is InChI=1S/C28H26BrN/c29-28(21-13-18-12-19(15-21)16-22(28)14-18)20-10-11-27-25(17-20)24-8-4-5-9-26(24)30(27)23-6-2-1-3-7-23/h1-11,17-19,21-22H,12-16H2. The number of halogens is 1. The highest BCUT2D eigenvalue weighted by atomic mass is 79.9. The molecule has 3 aromatic carbocycles. The third-order valence-corrected chi connectivity index (χ3v) is 10.2. The van der Waals surface area contributed by atoms with E-state index >= 15 is 0 Å². The molecule has 4 aliphatic carbocycles. The van der Waals surface area contributed by atoms with Gasteiger partial charge in [0.15, 0.2) is 0 Å². The fourth-order valence-electron chi connectivity index (χ4n) is 7.41. The first-order valence-electron chi connectivity index (χ1n) is 11.5. The molecule has 0 radical (unpaired) electrons. The first-order chi connectivity index (χ1) is 14.7. The topological polar surface area (TPSA) is 4.93 Å². The molecule has 8 rings (SSSR count). The maximum absolute atomic E-state index is 4.39. The van der Waals surface area contributed by atoms with Gasteiger partial charge in [0.2, 0.25) is 0 Å². The van der Waals surface area contributed by atoms with Crippen molar-refractivity contribution in [3.8, 4) is 5.69 Å². The highest BCUT2D eigenvalue weighted by Gasteiger charge is 2.56. The molecular formula is C28H26BrN. The van der Waals surface area contributed by atoms with Gasteiger partial charge in [-0.05, 0) is 91.7 Å². The summed E-state index contributed by atoms with van der Waals surface area (Å²) in [6.45, 7) is 0. The Morgan fingerprint density at radius 1 is 0.667 bits per heavy atom. The molecule has 1 aromatic heterocycles. The van der Waals surface area contributed by atoms with Gasteiger partial charge < -0.3 is 4.57 Å². The largest absolute Gasteiger partial charge is 0.309 e. The van der Waals surface area contributed by atoms with Gasteiger partial charge in [-0.3, -0.25) is 0 Å². The number of benzene rings is 3. The average Bonchev–Trinajstić information content (AvgIpc) is 3.11. The molecule has 0 N–H and O–H groups in total. The van der Waals surface area contributed by atoms with Crippen molar-refractivity contribution < 1.29 is 0 Å². The molecule has 0 saturated heterocycles. The van der Waals surface area contributed by atoms with Gasteiger partial charge in [-0.2, -0.15) is 0 Å². The maximum Gasteiger partial charge on any atom is 0.0562 e. The van der Waals surface area contributed by atoms with E-state index < -0.39 is 0 Å². The molecule has 1 heterocycles. The number of alkyl halides is 1. The van der Waals surface area contributed by atoms with Crippen molar-refractivity contribution >= 4 is 37.7 Å². The Kier molecular flexibility index (Phi) is 3.66. The molecule has 150 valence electrons. The van der Waals surface area contributed by atoms with Crippen LogP contribution in [0.3, 0.4) is 0 Å². The van der Waals surface area contributed by atoms with Crippen molar-refractivity contribution in [3.05, 3.63) is 78.4 Å². The van der Waals surface area contributed by atoms with Crippen LogP contribution < -0.4 is 0 Å². The molecule has 0 atom stereocenters. The van der Waals surface area contributed by atoms with Crippen LogP contribution >= 0.6 is 15.9 Å². The second-order valence-electron chi connectivity index (χ2n) is 9.99. The second-order valence-corrected chi connectivity index (χ2v) is 11.3. The summed E-state index contributed by atoms with van der Waals surface area (Å²) in [5.74, 6) is 3.58. The number of fused-ring (bicyclic) bond motifs is 3. The van der Waals surface area contributed by atoms with Crippen LogP contribution in [0.2, 0.25) is 0 Å². The fraction of sp³-hybridized carbons (Fsp3) is 0.357. The van der Waals surface area contributed by atoms with E-state index in [1.165, 1.54) is 65.2 Å². The third kappa shape index (κ3) is 2.29. The summed E-state index contributed by atoms with van der Waals surface area (Å²) >= 11 is 4.39. The normalized spacial score (nSPS) is 32.3. The van der Waals surface area contributed by atoms with Crippen LogP contribution in [0.25, 0.3) is 27.5 Å². The summed E-state index contributed by atoms with van der Waals surface area (Å²) in [5, 5.41) is 2.75. The number of nitrogens with zero attached hydrogens (tertiary/aromatic N) is 1. The van der Waals surface area contributed by atoms with Gasteiger partial charge in [0.05, 0.1) is 15.4 Å². The van der Waals surface area contributed by atoms with Crippen LogP contribution in [0, 0.1) is 23.7 Å². The number of rotatable bonds is 2. The van der Waals surface area contributed by atoms with Gasteiger partial charge in [0.25, 0.3) is 0 Å². The predicted octanol–water partition coefficient (Wildman–Crippen LogP) is 7.83. The highest BCUT2D eigenvalue weighted by molar-refractivity contribution is 9.09. The lowest BCUT2D eigenvalue weighted by Crippen LogP contribution is -2.52. The van der Waals surface area contributed by atoms with Crippen molar-refractivity contribution in [3.63, 3.8) is 0 Å². The summed E-state index contributed by atoms with van der Waals surface area (Å²) in [5.41, 5.74) is 5.36. The van der Waals surface area contributed by atoms with E-state index in [1.54, 1.807) is 0 Å². The van der Waals surface area contributed by atoms with Gasteiger partial charge in [0.1, 0.15) is 0 Å². The minimum Gasteiger partial charge on any atom is -0.309 e. The fourth-order valence-corrected chi connectivity index (χ4v) is 8.40. The van der Waals surface area contributed by atoms with Crippen LogP contribution in [-0.4, -0.2) is 4.57 Å². The monoisotopic (exact) mass is 455 g/mol. The Balaban J connectivity index is 1.46. The Hall–Kier alpha value is -2.06. The van der Waals surface area contributed by atoms with Gasteiger partial charge in [-0.25, -0.2) is 0 Å². The zero-order chi connectivity index (χ0) is 19.9. The molecule has 4 aromatic rings. The molecular weight excluding hydrogens is 430 g/mol. The molecule has 30 heavy (non-hydrogen) atoms. The van der Waals surface area contributed by atoms with E-state index in [4.69, 9.17) is 0 Å². The van der Waals surface area contributed by atoms with Crippen molar-refractivity contribution in [1.29, 1.82) is 0 Å². The first-order valence-corrected chi connectivity index (χ1v) is 12.3. The van der Waals surface area contributed by atoms with Gasteiger partial charge in [0, 0.05) is 16.5 Å². The minimum atomic E-state index is 0.171. The molecule has 2 heteroatoms. The smallest absolute Gasteiger partial charge is 0.0562 e. The summed E-state index contributed by atoms with van der Waals surface area (Å²) in [7, 11) is 0. The molecule has 4 bridgehead atoms. The molecule has 4 fully saturated rings. The Morgan fingerprint density at radius 2 is 1.30 bits per heavy atom. The van der Waals surface area contributed by atoms with E-state index in [9.17, 15) is 0 Å². The molecule has 4 saturated carbocycles. The SMILES string of the molecule is BrC1(c2ccc3c(c2)c2ccccc2n3-c2ccccc2)C2CC3CC(C2)CC1C3. The Bertz CT molecular complexity index is 1240. The Labute approximate surface area is 186 Å². The molecule has 0 unspecified atom stereocenters. The van der Waals surface area contributed by atoms with Crippen molar-refractivity contribution in [2.75, 3.05) is 0 Å². The van der Waals surface area contributed by atoms with Crippen LogP contribution in [0.5, 0.6) is 0 Å². The summed E-state index contributed by atoms with van der Waals surface area (Å²) < 4.78 is 2.59. The van der Waals surface area contributed by atoms with E-state index in [0.29, 0.717) is 0 Å². The van der Waals surface area contributed by atoms with Crippen LogP contribution in [0.4, 0.5) is 0 Å². The maximum atomic E-state index is 4.39. The van der Waals surface area contributed by atoms with Gasteiger partial charge >= 0.3 is 0 Å². The lowest BCUT2D eigenvalue weighted by atomic mass is 9.50. The van der Waals surface area contributed by atoms with Crippen molar-refractivity contribution in [1.82, 2.24) is 4.57 Å². The second kappa shape index (κ2) is 6.23. The summed E-state index contributed by atoms with van der Waals surface area (Å²) in [4.78, 5) is 0. The summed E-state index contributed by atoms with van der Waals surface area (Å²) in [6.07, 6.45) is 7.17. The van der Waals surface area contributed by atoms with E-state index in [0.717, 1.165) is 23.7 Å². The molecule has 0 amide bonds. The zero-order valence-corrected chi connectivity index (χ0v) is 18.7. The van der Waals surface area contributed by atoms with Gasteiger partial charge in [-0.1, -0.05) is 58.4 Å². The van der Waals surface area contributed by atoms with E-state index in [2.05, 4.69) is 93.3 Å². The highest BCUT2D eigenvalue weighted by Crippen LogP contribution is 2.65. The van der Waals surface area contributed by atoms with E-state index in [-0.39, 0.29) is 4.32 Å². The molecule has 1 nitrogen and oxygen atoms in total. The lowest BCUT2D eigenvalue weighted by molar-refractivity contribution is -0.0155. The number of hydrogen-bond donors (Lipinski definition) is 0. The Morgan fingerprint density at radius 3 is 2.03 bits per heavy atom. The quantitative estimate of drug-likeness (QED) is 0.271. The molecule has 4 aliphatic rings. The number of para-hydroxylation sites is 2. The predicted molar refractivity (Wildman–Crippen MR) is 128 cm³/mol. The summed E-state index contributed by atoms with van der Waals surface area (Å²) in [6, 6.07) is 27.0. The molecule has 0 aliphatic heterocycles.